The van der Waals surface area contributed by atoms with E-state index in [-0.39, 0.29) is 0 Å². The van der Waals surface area contributed by atoms with Crippen LogP contribution in [0.4, 0.5) is 0 Å². The minimum absolute atomic E-state index is 0.872. The van der Waals surface area contributed by atoms with Crippen molar-refractivity contribution in [1.29, 1.82) is 0 Å². The first kappa shape index (κ1) is 35.2. The van der Waals surface area contributed by atoms with Crippen LogP contribution in [0.2, 0.25) is 0 Å². The Balaban J connectivity index is 1.03. The van der Waals surface area contributed by atoms with Gasteiger partial charge < -0.3 is 8.83 Å². The Morgan fingerprint density at radius 2 is 0.703 bits per heavy atom. The van der Waals surface area contributed by atoms with E-state index in [0.717, 1.165) is 60.6 Å². The Morgan fingerprint density at radius 3 is 1.33 bits per heavy atom. The van der Waals surface area contributed by atoms with E-state index >= 15 is 0 Å². The number of fused-ring (bicyclic) bond motifs is 11. The van der Waals surface area contributed by atoms with Crippen molar-refractivity contribution in [2.24, 2.45) is 0 Å². The van der Waals surface area contributed by atoms with Crippen LogP contribution in [0.15, 0.2) is 227 Å². The van der Waals surface area contributed by atoms with Gasteiger partial charge in [0.1, 0.15) is 22.3 Å². The number of furan rings is 2. The third-order valence-electron chi connectivity index (χ3n) is 13.6. The lowest BCUT2D eigenvalue weighted by Crippen LogP contribution is -1.91. The molecule has 2 nitrogen and oxygen atoms in total. The SMILES string of the molecule is c1ccc(-c2c3ccccc3c(-c3cccc4c3oc3cccc(-c5c6ccccc6c(-c6ccc7oc8cc9ccccc9cc8c7c6)c6ccccc56)c34)c3ccccc23)cc1. The molecule has 14 aromatic rings. The van der Waals surface area contributed by atoms with Crippen molar-refractivity contribution in [2.45, 2.75) is 0 Å². The van der Waals surface area contributed by atoms with Crippen LogP contribution in [0.1, 0.15) is 0 Å². The zero-order chi connectivity index (χ0) is 41.9. The molecule has 0 N–H and O–H groups in total. The predicted octanol–water partition coefficient (Wildman–Crippen LogP) is 17.9. The van der Waals surface area contributed by atoms with Crippen LogP contribution in [0, 0.1) is 0 Å². The first-order valence-corrected chi connectivity index (χ1v) is 22.0. The minimum atomic E-state index is 0.872. The Kier molecular flexibility index (Phi) is 7.43. The van der Waals surface area contributed by atoms with E-state index in [1.165, 1.54) is 81.7 Å². The van der Waals surface area contributed by atoms with Gasteiger partial charge in [-0.3, -0.25) is 0 Å². The van der Waals surface area contributed by atoms with E-state index in [0.29, 0.717) is 0 Å². The first-order valence-electron chi connectivity index (χ1n) is 22.0. The average Bonchev–Trinajstić information content (AvgIpc) is 3.92. The van der Waals surface area contributed by atoms with Gasteiger partial charge in [-0.1, -0.05) is 188 Å². The largest absolute Gasteiger partial charge is 0.456 e. The van der Waals surface area contributed by atoms with Gasteiger partial charge in [0, 0.05) is 32.7 Å². The van der Waals surface area contributed by atoms with Gasteiger partial charge in [-0.25, -0.2) is 0 Å². The van der Waals surface area contributed by atoms with E-state index in [1.807, 2.05) is 0 Å². The highest BCUT2D eigenvalue weighted by Crippen LogP contribution is 2.50. The highest BCUT2D eigenvalue weighted by molar-refractivity contribution is 6.28. The maximum atomic E-state index is 7.12. The Morgan fingerprint density at radius 1 is 0.234 bits per heavy atom. The van der Waals surface area contributed by atoms with Gasteiger partial charge in [-0.05, 0) is 118 Å². The maximum Gasteiger partial charge on any atom is 0.143 e. The molecule has 2 heterocycles. The molecule has 296 valence electrons. The third kappa shape index (κ3) is 5.02. The number of hydrogen-bond donors (Lipinski definition) is 0. The fourth-order valence-corrected chi connectivity index (χ4v) is 10.9. The molecule has 0 aliphatic rings. The molecule has 2 heteroatoms. The molecule has 12 aromatic carbocycles. The summed E-state index contributed by atoms with van der Waals surface area (Å²) in [5, 5.41) is 16.5. The molecule has 64 heavy (non-hydrogen) atoms. The molecule has 14 rings (SSSR count). The lowest BCUT2D eigenvalue weighted by Gasteiger charge is -2.18. The zero-order valence-electron chi connectivity index (χ0n) is 34.6. The monoisotopic (exact) mass is 812 g/mol. The molecule has 0 aliphatic carbocycles. The van der Waals surface area contributed by atoms with E-state index in [2.05, 4.69) is 218 Å². The Hall–Kier alpha value is -8.46. The van der Waals surface area contributed by atoms with Crippen LogP contribution < -0.4 is 0 Å². The van der Waals surface area contributed by atoms with Gasteiger partial charge in [-0.15, -0.1) is 0 Å². The van der Waals surface area contributed by atoms with Crippen molar-refractivity contribution in [3.05, 3.63) is 218 Å². The molecular formula is C62H36O2. The standard InChI is InChI=1S/C62H36O2/c1-2-16-37(17-3-1)57-41-20-6-12-26-47(41)60(48-27-13-7-21-42(48)57)50-29-14-30-51-61-49(28-15-31-55(61)64-62(50)51)59-45-24-10-8-22-43(45)58(44-23-9-11-25-46(44)59)40-32-33-54-52(35-40)53-34-38-18-4-5-19-39(38)36-56(53)63-54/h1-36H. The summed E-state index contributed by atoms with van der Waals surface area (Å²) in [5.74, 6) is 0. The molecule has 0 amide bonds. The molecular weight excluding hydrogens is 777 g/mol. The summed E-state index contributed by atoms with van der Waals surface area (Å²) in [6, 6.07) is 79.2. The summed E-state index contributed by atoms with van der Waals surface area (Å²) in [7, 11) is 0. The van der Waals surface area contributed by atoms with Crippen molar-refractivity contribution < 1.29 is 8.83 Å². The fraction of sp³-hybridized carbons (Fsp3) is 0. The van der Waals surface area contributed by atoms with Crippen molar-refractivity contribution in [1.82, 2.24) is 0 Å². The van der Waals surface area contributed by atoms with Gasteiger partial charge in [0.05, 0.1) is 0 Å². The summed E-state index contributed by atoms with van der Waals surface area (Å²) >= 11 is 0. The summed E-state index contributed by atoms with van der Waals surface area (Å²) in [4.78, 5) is 0. The molecule has 0 fully saturated rings. The summed E-state index contributed by atoms with van der Waals surface area (Å²) in [5.41, 5.74) is 13.1. The van der Waals surface area contributed by atoms with Crippen molar-refractivity contribution in [3.63, 3.8) is 0 Å². The number of benzene rings is 12. The van der Waals surface area contributed by atoms with Crippen LogP contribution >= 0.6 is 0 Å². The normalized spacial score (nSPS) is 12.1. The van der Waals surface area contributed by atoms with Crippen LogP contribution in [0.3, 0.4) is 0 Å². The minimum Gasteiger partial charge on any atom is -0.456 e. The number of rotatable bonds is 4. The fourth-order valence-electron chi connectivity index (χ4n) is 10.9. The lowest BCUT2D eigenvalue weighted by atomic mass is 9.84. The van der Waals surface area contributed by atoms with Gasteiger partial charge in [0.2, 0.25) is 0 Å². The van der Waals surface area contributed by atoms with Crippen LogP contribution in [0.25, 0.3) is 142 Å². The third-order valence-corrected chi connectivity index (χ3v) is 13.6. The van der Waals surface area contributed by atoms with Gasteiger partial charge in [-0.2, -0.15) is 0 Å². The summed E-state index contributed by atoms with van der Waals surface area (Å²) in [6.45, 7) is 0. The second kappa shape index (κ2) is 13.5. The van der Waals surface area contributed by atoms with Crippen molar-refractivity contribution in [2.75, 3.05) is 0 Å². The van der Waals surface area contributed by atoms with Crippen LogP contribution in [-0.2, 0) is 0 Å². The van der Waals surface area contributed by atoms with E-state index in [1.54, 1.807) is 0 Å². The smallest absolute Gasteiger partial charge is 0.143 e. The van der Waals surface area contributed by atoms with Gasteiger partial charge >= 0.3 is 0 Å². The second-order valence-electron chi connectivity index (χ2n) is 17.0. The molecule has 0 radical (unpaired) electrons. The second-order valence-corrected chi connectivity index (χ2v) is 17.0. The summed E-state index contributed by atoms with van der Waals surface area (Å²) < 4.78 is 13.6. The molecule has 2 aromatic heterocycles. The topological polar surface area (TPSA) is 26.3 Å². The number of hydrogen-bond acceptors (Lipinski definition) is 2. The quantitative estimate of drug-likeness (QED) is 0.166. The van der Waals surface area contributed by atoms with E-state index in [9.17, 15) is 0 Å². The molecule has 0 bridgehead atoms. The van der Waals surface area contributed by atoms with E-state index in [4.69, 9.17) is 8.83 Å². The summed E-state index contributed by atoms with van der Waals surface area (Å²) in [6.07, 6.45) is 0. The van der Waals surface area contributed by atoms with E-state index < -0.39 is 0 Å². The zero-order valence-corrected chi connectivity index (χ0v) is 34.6. The predicted molar refractivity (Wildman–Crippen MR) is 270 cm³/mol. The highest BCUT2D eigenvalue weighted by Gasteiger charge is 2.24. The van der Waals surface area contributed by atoms with Crippen molar-refractivity contribution >= 4 is 97.7 Å². The molecule has 0 spiro atoms. The lowest BCUT2D eigenvalue weighted by molar-refractivity contribution is 0.669. The molecule has 0 aliphatic heterocycles. The molecule has 0 saturated carbocycles. The molecule has 0 saturated heterocycles. The molecule has 0 unspecified atom stereocenters. The highest BCUT2D eigenvalue weighted by atomic mass is 16.3. The van der Waals surface area contributed by atoms with Crippen molar-refractivity contribution in [3.8, 4) is 44.5 Å². The van der Waals surface area contributed by atoms with Gasteiger partial charge in [0.25, 0.3) is 0 Å². The van der Waals surface area contributed by atoms with Crippen LogP contribution in [-0.4, -0.2) is 0 Å². The maximum absolute atomic E-state index is 7.12. The Bertz CT molecular complexity index is 4130. The molecule has 0 atom stereocenters. The van der Waals surface area contributed by atoms with Gasteiger partial charge in [0.15, 0.2) is 0 Å². The Labute approximate surface area is 367 Å². The number of para-hydroxylation sites is 1. The first-order chi connectivity index (χ1) is 31.8. The van der Waals surface area contributed by atoms with Crippen LogP contribution in [0.5, 0.6) is 0 Å². The average molecular weight is 813 g/mol.